The van der Waals surface area contributed by atoms with Crippen LogP contribution >= 0.6 is 0 Å². The molecular weight excluding hydrogens is 452 g/mol. The minimum absolute atomic E-state index is 0.0247. The van der Waals surface area contributed by atoms with Crippen molar-refractivity contribution < 1.29 is 23.9 Å². The van der Waals surface area contributed by atoms with E-state index in [0.29, 0.717) is 36.2 Å². The van der Waals surface area contributed by atoms with Crippen molar-refractivity contribution in [2.24, 2.45) is 45.3 Å². The van der Waals surface area contributed by atoms with Crippen LogP contribution < -0.4 is 0 Å². The molecule has 5 aliphatic rings. The van der Waals surface area contributed by atoms with Crippen LogP contribution in [0, 0.1) is 45.3 Å². The standard InChI is InChI=1S/C31H44O5/c1-18(2)14-21(32)15-19(3)22-8-10-29(6)24-16-23-26(20(4)27(34)36-23)31(11-9-25(33)35-7)17-30(24,31)13-12-28(22,29)5/h14,19,22-24,26H,4,8-13,15-17H2,1-3,5-7H3/t19-,22-,23-,24+,26-,28-,29+,30+,31-/m1/s1. The maximum absolute atomic E-state index is 12.7. The van der Waals surface area contributed by atoms with E-state index in [1.807, 2.05) is 13.8 Å². The van der Waals surface area contributed by atoms with Crippen molar-refractivity contribution in [2.45, 2.75) is 98.5 Å². The second kappa shape index (κ2) is 8.30. The van der Waals surface area contributed by atoms with Gasteiger partial charge in [-0.15, -0.1) is 0 Å². The normalized spacial score (nSPS) is 44.9. The van der Waals surface area contributed by atoms with Crippen LogP contribution in [0.5, 0.6) is 0 Å². The number of fused-ring (bicyclic) bond motifs is 4. The van der Waals surface area contributed by atoms with Crippen LogP contribution in [0.15, 0.2) is 23.8 Å². The molecule has 0 aromatic rings. The van der Waals surface area contributed by atoms with Crippen LogP contribution in [-0.4, -0.2) is 30.9 Å². The van der Waals surface area contributed by atoms with Gasteiger partial charge in [-0.2, -0.15) is 0 Å². The molecule has 4 saturated carbocycles. The van der Waals surface area contributed by atoms with Gasteiger partial charge in [-0.1, -0.05) is 32.9 Å². The van der Waals surface area contributed by atoms with E-state index in [1.165, 1.54) is 7.11 Å². The summed E-state index contributed by atoms with van der Waals surface area (Å²) in [6.45, 7) is 15.4. The molecule has 198 valence electrons. The number of hydrogen-bond donors (Lipinski definition) is 0. The van der Waals surface area contributed by atoms with E-state index in [4.69, 9.17) is 9.47 Å². The average Bonchev–Trinajstić information content (AvgIpc) is 3.26. The largest absolute Gasteiger partial charge is 0.469 e. The third kappa shape index (κ3) is 3.29. The summed E-state index contributed by atoms with van der Waals surface area (Å²) in [6.07, 6.45) is 9.95. The Bertz CT molecular complexity index is 1040. The molecule has 4 aliphatic carbocycles. The molecule has 0 radical (unpaired) electrons. The minimum Gasteiger partial charge on any atom is -0.469 e. The number of carbonyl (C=O) groups is 3. The van der Waals surface area contributed by atoms with Crippen molar-refractivity contribution in [2.75, 3.05) is 7.11 Å². The van der Waals surface area contributed by atoms with Crippen LogP contribution in [-0.2, 0) is 23.9 Å². The first-order valence-electron chi connectivity index (χ1n) is 14.0. The Morgan fingerprint density at radius 3 is 2.58 bits per heavy atom. The zero-order valence-electron chi connectivity index (χ0n) is 23.1. The van der Waals surface area contributed by atoms with Crippen LogP contribution in [0.3, 0.4) is 0 Å². The first kappa shape index (κ1) is 25.7. The summed E-state index contributed by atoms with van der Waals surface area (Å²) in [4.78, 5) is 37.6. The number of ether oxygens (including phenoxy) is 2. The zero-order chi connectivity index (χ0) is 26.3. The maximum Gasteiger partial charge on any atom is 0.334 e. The Kier molecular flexibility index (Phi) is 5.93. The highest BCUT2D eigenvalue weighted by atomic mass is 16.6. The molecule has 1 saturated heterocycles. The fourth-order valence-corrected chi connectivity index (χ4v) is 10.4. The Morgan fingerprint density at radius 2 is 1.92 bits per heavy atom. The highest BCUT2D eigenvalue weighted by Crippen LogP contribution is 2.88. The van der Waals surface area contributed by atoms with Gasteiger partial charge in [-0.25, -0.2) is 4.79 Å². The molecular formula is C31H44O5. The van der Waals surface area contributed by atoms with E-state index in [2.05, 4.69) is 27.4 Å². The topological polar surface area (TPSA) is 69.7 Å². The monoisotopic (exact) mass is 496 g/mol. The highest BCUT2D eigenvalue weighted by Gasteiger charge is 2.83. The fourth-order valence-electron chi connectivity index (χ4n) is 10.4. The van der Waals surface area contributed by atoms with E-state index in [1.54, 1.807) is 6.08 Å². The number of ketones is 1. The van der Waals surface area contributed by atoms with E-state index < -0.39 is 0 Å². The quantitative estimate of drug-likeness (QED) is 0.309. The van der Waals surface area contributed by atoms with E-state index >= 15 is 0 Å². The fraction of sp³-hybridized carbons (Fsp3) is 0.774. The molecule has 0 aromatic carbocycles. The molecule has 5 fully saturated rings. The molecule has 1 aliphatic heterocycles. The predicted molar refractivity (Wildman–Crippen MR) is 138 cm³/mol. The van der Waals surface area contributed by atoms with Crippen LogP contribution in [0.4, 0.5) is 0 Å². The summed E-state index contributed by atoms with van der Waals surface area (Å²) in [5, 5.41) is 0. The molecule has 0 amide bonds. The molecule has 36 heavy (non-hydrogen) atoms. The van der Waals surface area contributed by atoms with Crippen molar-refractivity contribution >= 4 is 17.7 Å². The van der Waals surface area contributed by atoms with Crippen molar-refractivity contribution in [3.05, 3.63) is 23.8 Å². The number of methoxy groups -OCH3 is 1. The second-order valence-corrected chi connectivity index (χ2v) is 13.6. The van der Waals surface area contributed by atoms with Gasteiger partial charge in [0, 0.05) is 24.3 Å². The molecule has 0 N–H and O–H groups in total. The number of allylic oxidation sites excluding steroid dienone is 2. The molecule has 1 heterocycles. The highest BCUT2D eigenvalue weighted by molar-refractivity contribution is 5.91. The lowest BCUT2D eigenvalue weighted by Crippen LogP contribution is -2.56. The Hall–Kier alpha value is -1.91. The van der Waals surface area contributed by atoms with Crippen molar-refractivity contribution in [3.63, 3.8) is 0 Å². The van der Waals surface area contributed by atoms with Gasteiger partial charge in [0.05, 0.1) is 7.11 Å². The molecule has 0 unspecified atom stereocenters. The maximum atomic E-state index is 12.7. The Labute approximate surface area is 216 Å². The summed E-state index contributed by atoms with van der Waals surface area (Å²) in [6, 6.07) is 0. The third-order valence-electron chi connectivity index (χ3n) is 12.1. The van der Waals surface area contributed by atoms with E-state index in [-0.39, 0.29) is 51.4 Å². The SMILES string of the molecule is C=C1C(=O)O[C@@H]2C[C@@H]3[C@]4(CC[C@]5(C)[C@@H]([C@H](C)CC(=O)C=C(C)C)CC[C@@]35C)C[C@]4(CCC(=O)OC)[C@H]12. The van der Waals surface area contributed by atoms with Gasteiger partial charge in [0.2, 0.25) is 0 Å². The lowest BCUT2D eigenvalue weighted by Gasteiger charge is -2.61. The molecule has 0 bridgehead atoms. The van der Waals surface area contributed by atoms with Crippen LogP contribution in [0.2, 0.25) is 0 Å². The third-order valence-corrected chi connectivity index (χ3v) is 12.1. The molecule has 5 nitrogen and oxygen atoms in total. The zero-order valence-corrected chi connectivity index (χ0v) is 23.1. The van der Waals surface area contributed by atoms with E-state index in [9.17, 15) is 14.4 Å². The number of rotatable bonds is 7. The van der Waals surface area contributed by atoms with Gasteiger partial charge in [0.25, 0.3) is 0 Å². The van der Waals surface area contributed by atoms with Gasteiger partial charge < -0.3 is 9.47 Å². The summed E-state index contributed by atoms with van der Waals surface area (Å²) < 4.78 is 11.0. The summed E-state index contributed by atoms with van der Waals surface area (Å²) >= 11 is 0. The lowest BCUT2D eigenvalue weighted by atomic mass is 9.43. The summed E-state index contributed by atoms with van der Waals surface area (Å²) in [7, 11) is 1.45. The van der Waals surface area contributed by atoms with Gasteiger partial charge in [-0.3, -0.25) is 9.59 Å². The average molecular weight is 497 g/mol. The van der Waals surface area contributed by atoms with Gasteiger partial charge >= 0.3 is 11.9 Å². The lowest BCUT2D eigenvalue weighted by molar-refractivity contribution is -0.158. The minimum atomic E-state index is -0.244. The van der Waals surface area contributed by atoms with Crippen molar-refractivity contribution in [1.29, 1.82) is 0 Å². The van der Waals surface area contributed by atoms with Crippen molar-refractivity contribution in [3.8, 4) is 0 Å². The Balaban J connectivity index is 1.46. The number of esters is 2. The first-order valence-corrected chi connectivity index (χ1v) is 14.0. The van der Waals surface area contributed by atoms with E-state index in [0.717, 1.165) is 50.5 Å². The molecule has 5 heteroatoms. The Morgan fingerprint density at radius 1 is 1.19 bits per heavy atom. The smallest absolute Gasteiger partial charge is 0.334 e. The van der Waals surface area contributed by atoms with Gasteiger partial charge in [0.1, 0.15) is 6.10 Å². The number of carbonyl (C=O) groups excluding carboxylic acids is 3. The number of hydrogen-bond acceptors (Lipinski definition) is 5. The van der Waals surface area contributed by atoms with Gasteiger partial charge in [0.15, 0.2) is 5.78 Å². The summed E-state index contributed by atoms with van der Waals surface area (Å²) in [5.41, 5.74) is 2.01. The summed E-state index contributed by atoms with van der Waals surface area (Å²) in [5.74, 6) is 1.15. The van der Waals surface area contributed by atoms with Gasteiger partial charge in [-0.05, 0) is 104 Å². The molecule has 5 rings (SSSR count). The molecule has 0 aromatic heterocycles. The van der Waals surface area contributed by atoms with Crippen molar-refractivity contribution in [1.82, 2.24) is 0 Å². The predicted octanol–water partition coefficient (Wildman–Crippen LogP) is 6.21. The second-order valence-electron chi connectivity index (χ2n) is 13.6. The first-order chi connectivity index (χ1) is 16.8. The molecule has 1 spiro atoms. The van der Waals surface area contributed by atoms with Crippen LogP contribution in [0.1, 0.15) is 92.4 Å². The van der Waals surface area contributed by atoms with Crippen LogP contribution in [0.25, 0.3) is 0 Å². The molecule has 9 atom stereocenters.